The number of nitriles is 1. The Labute approximate surface area is 106 Å². The van der Waals surface area contributed by atoms with Crippen molar-refractivity contribution in [1.82, 2.24) is 5.32 Å². The van der Waals surface area contributed by atoms with Crippen LogP contribution in [0.4, 0.5) is 4.79 Å². The van der Waals surface area contributed by atoms with Gasteiger partial charge in [-0.15, -0.1) is 0 Å². The Bertz CT molecular complexity index is 452. The number of carbonyl (C=O) groups is 1. The van der Waals surface area contributed by atoms with Crippen molar-refractivity contribution >= 4 is 6.09 Å². The van der Waals surface area contributed by atoms with Gasteiger partial charge in [0.1, 0.15) is 18.9 Å². The Kier molecular flexibility index (Phi) is 5.52. The lowest BCUT2D eigenvalue weighted by Crippen LogP contribution is -2.24. The quantitative estimate of drug-likeness (QED) is 0.809. The predicted octanol–water partition coefficient (Wildman–Crippen LogP) is 2.01. The number of ether oxygens (including phenoxy) is 2. The van der Waals surface area contributed by atoms with E-state index in [-0.39, 0.29) is 13.2 Å². The molecule has 0 saturated heterocycles. The van der Waals surface area contributed by atoms with Gasteiger partial charge < -0.3 is 14.8 Å². The monoisotopic (exact) mass is 248 g/mol. The second kappa shape index (κ2) is 7.17. The zero-order chi connectivity index (χ0) is 13.4. The summed E-state index contributed by atoms with van der Waals surface area (Å²) in [6.45, 7) is 2.15. The number of rotatable bonds is 5. The molecule has 0 heterocycles. The fourth-order valence-electron chi connectivity index (χ4n) is 1.51. The van der Waals surface area contributed by atoms with E-state index in [2.05, 4.69) is 5.32 Å². The summed E-state index contributed by atoms with van der Waals surface area (Å²) < 4.78 is 10.2. The van der Waals surface area contributed by atoms with Crippen molar-refractivity contribution < 1.29 is 14.3 Å². The minimum absolute atomic E-state index is 0.0539. The maximum atomic E-state index is 11.1. The molecule has 1 amide bonds. The van der Waals surface area contributed by atoms with Crippen molar-refractivity contribution in [2.45, 2.75) is 20.0 Å². The molecule has 18 heavy (non-hydrogen) atoms. The van der Waals surface area contributed by atoms with E-state index in [1.807, 2.05) is 25.1 Å². The van der Waals surface area contributed by atoms with E-state index in [1.165, 1.54) is 0 Å². The number of alkyl carbamates (subject to hydrolysis) is 1. The van der Waals surface area contributed by atoms with E-state index < -0.39 is 6.09 Å². The number of methoxy groups -OCH3 is 1. The highest BCUT2D eigenvalue weighted by Crippen LogP contribution is 2.20. The van der Waals surface area contributed by atoms with Crippen LogP contribution in [-0.4, -0.2) is 19.7 Å². The number of nitrogens with zero attached hydrogens (tertiary/aromatic N) is 1. The maximum absolute atomic E-state index is 11.1. The van der Waals surface area contributed by atoms with Gasteiger partial charge in [0.05, 0.1) is 13.2 Å². The van der Waals surface area contributed by atoms with Crippen LogP contribution in [0.2, 0.25) is 0 Å². The van der Waals surface area contributed by atoms with E-state index in [0.29, 0.717) is 0 Å². The second-order valence-corrected chi connectivity index (χ2v) is 3.59. The molecule has 1 rings (SSSR count). The van der Waals surface area contributed by atoms with Crippen LogP contribution in [-0.2, 0) is 17.8 Å². The van der Waals surface area contributed by atoms with Crippen LogP contribution in [0.3, 0.4) is 0 Å². The highest BCUT2D eigenvalue weighted by molar-refractivity contribution is 5.67. The van der Waals surface area contributed by atoms with Crippen LogP contribution < -0.4 is 10.1 Å². The molecule has 0 aromatic heterocycles. The Morgan fingerprint density at radius 3 is 2.89 bits per heavy atom. The summed E-state index contributed by atoms with van der Waals surface area (Å²) >= 11 is 0. The fraction of sp³-hybridized carbons (Fsp3) is 0.385. The average Bonchev–Trinajstić information content (AvgIpc) is 2.42. The first-order valence-electron chi connectivity index (χ1n) is 5.64. The summed E-state index contributed by atoms with van der Waals surface area (Å²) in [5.74, 6) is 0.829. The van der Waals surface area contributed by atoms with Crippen molar-refractivity contribution in [3.63, 3.8) is 0 Å². The molecule has 5 nitrogen and oxygen atoms in total. The van der Waals surface area contributed by atoms with Gasteiger partial charge in [0.25, 0.3) is 0 Å². The van der Waals surface area contributed by atoms with E-state index in [1.54, 1.807) is 13.2 Å². The SMILES string of the molecule is CCc1cc(COC(=O)NCC#N)ccc1OC. The van der Waals surface area contributed by atoms with Crippen LogP contribution in [0.5, 0.6) is 5.75 Å². The summed E-state index contributed by atoms with van der Waals surface area (Å²) in [4.78, 5) is 11.1. The largest absolute Gasteiger partial charge is 0.496 e. The predicted molar refractivity (Wildman–Crippen MR) is 66.2 cm³/mol. The van der Waals surface area contributed by atoms with Gasteiger partial charge >= 0.3 is 6.09 Å². The molecule has 0 spiro atoms. The topological polar surface area (TPSA) is 71.3 Å². The Hall–Kier alpha value is -2.22. The molecule has 0 saturated carbocycles. The first-order chi connectivity index (χ1) is 8.71. The van der Waals surface area contributed by atoms with Gasteiger partial charge in [0.2, 0.25) is 0 Å². The number of nitrogens with one attached hydrogen (secondary N) is 1. The van der Waals surface area contributed by atoms with E-state index >= 15 is 0 Å². The Morgan fingerprint density at radius 2 is 2.28 bits per heavy atom. The maximum Gasteiger partial charge on any atom is 0.408 e. The van der Waals surface area contributed by atoms with Gasteiger partial charge in [-0.25, -0.2) is 4.79 Å². The van der Waals surface area contributed by atoms with Crippen LogP contribution in [0.25, 0.3) is 0 Å². The van der Waals surface area contributed by atoms with Crippen LogP contribution >= 0.6 is 0 Å². The summed E-state index contributed by atoms with van der Waals surface area (Å²) in [6.07, 6.45) is 0.253. The van der Waals surface area contributed by atoms with Gasteiger partial charge in [-0.05, 0) is 29.7 Å². The molecule has 0 radical (unpaired) electrons. The van der Waals surface area contributed by atoms with Gasteiger partial charge in [0, 0.05) is 0 Å². The smallest absolute Gasteiger partial charge is 0.408 e. The molecule has 0 aliphatic heterocycles. The number of benzene rings is 1. The lowest BCUT2D eigenvalue weighted by atomic mass is 10.1. The molecule has 0 bridgehead atoms. The minimum Gasteiger partial charge on any atom is -0.496 e. The molecular weight excluding hydrogens is 232 g/mol. The molecular formula is C13H16N2O3. The van der Waals surface area contributed by atoms with Crippen molar-refractivity contribution in [2.24, 2.45) is 0 Å². The van der Waals surface area contributed by atoms with Crippen LogP contribution in [0.1, 0.15) is 18.1 Å². The van der Waals surface area contributed by atoms with E-state index in [9.17, 15) is 4.79 Å². The zero-order valence-corrected chi connectivity index (χ0v) is 10.5. The first kappa shape index (κ1) is 13.8. The van der Waals surface area contributed by atoms with Gasteiger partial charge in [-0.1, -0.05) is 13.0 Å². The summed E-state index contributed by atoms with van der Waals surface area (Å²) in [6, 6.07) is 7.44. The summed E-state index contributed by atoms with van der Waals surface area (Å²) in [5.41, 5.74) is 1.95. The summed E-state index contributed by atoms with van der Waals surface area (Å²) in [5, 5.41) is 10.6. The minimum atomic E-state index is -0.592. The third kappa shape index (κ3) is 3.98. The van der Waals surface area contributed by atoms with Crippen molar-refractivity contribution in [1.29, 1.82) is 5.26 Å². The number of amides is 1. The first-order valence-corrected chi connectivity index (χ1v) is 5.64. The fourth-order valence-corrected chi connectivity index (χ4v) is 1.51. The van der Waals surface area contributed by atoms with Gasteiger partial charge in [0.15, 0.2) is 0 Å². The molecule has 0 fully saturated rings. The molecule has 0 unspecified atom stereocenters. The van der Waals surface area contributed by atoms with E-state index in [4.69, 9.17) is 14.7 Å². The average molecular weight is 248 g/mol. The highest BCUT2D eigenvalue weighted by atomic mass is 16.5. The van der Waals surface area contributed by atoms with Crippen molar-refractivity contribution in [2.75, 3.05) is 13.7 Å². The third-order valence-electron chi connectivity index (χ3n) is 2.41. The third-order valence-corrected chi connectivity index (χ3v) is 2.41. The lowest BCUT2D eigenvalue weighted by Gasteiger charge is -2.09. The normalized spacial score (nSPS) is 9.39. The number of hydrogen-bond acceptors (Lipinski definition) is 4. The number of hydrogen-bond donors (Lipinski definition) is 1. The summed E-state index contributed by atoms with van der Waals surface area (Å²) in [7, 11) is 1.63. The second-order valence-electron chi connectivity index (χ2n) is 3.59. The molecule has 5 heteroatoms. The molecule has 1 aromatic carbocycles. The molecule has 0 atom stereocenters. The van der Waals surface area contributed by atoms with Crippen LogP contribution in [0, 0.1) is 11.3 Å². The van der Waals surface area contributed by atoms with E-state index in [0.717, 1.165) is 23.3 Å². The Balaban J connectivity index is 2.58. The standard InChI is InChI=1S/C13H16N2O3/c1-3-11-8-10(4-5-12(11)17-2)9-18-13(16)15-7-6-14/h4-5,8H,3,7,9H2,1-2H3,(H,15,16). The van der Waals surface area contributed by atoms with Crippen molar-refractivity contribution in [3.8, 4) is 11.8 Å². The molecule has 1 N–H and O–H groups in total. The Morgan fingerprint density at radius 1 is 1.50 bits per heavy atom. The van der Waals surface area contributed by atoms with Gasteiger partial charge in [-0.3, -0.25) is 0 Å². The van der Waals surface area contributed by atoms with Gasteiger partial charge in [-0.2, -0.15) is 5.26 Å². The molecule has 1 aromatic rings. The van der Waals surface area contributed by atoms with Crippen molar-refractivity contribution in [3.05, 3.63) is 29.3 Å². The number of aryl methyl sites for hydroxylation is 1. The molecule has 0 aliphatic carbocycles. The zero-order valence-electron chi connectivity index (χ0n) is 10.5. The lowest BCUT2D eigenvalue weighted by molar-refractivity contribution is 0.141. The molecule has 0 aliphatic rings. The molecule has 96 valence electrons. The number of carbonyl (C=O) groups excluding carboxylic acids is 1. The highest BCUT2D eigenvalue weighted by Gasteiger charge is 2.05. The van der Waals surface area contributed by atoms with Crippen LogP contribution in [0.15, 0.2) is 18.2 Å².